The molecule has 2 heterocycles. The topological polar surface area (TPSA) is 75.3 Å². The van der Waals surface area contributed by atoms with Crippen molar-refractivity contribution in [2.24, 2.45) is 5.92 Å². The first kappa shape index (κ1) is 15.3. The Bertz CT molecular complexity index is 750. The van der Waals surface area contributed by atoms with Crippen molar-refractivity contribution in [3.05, 3.63) is 30.1 Å². The maximum atomic E-state index is 12.3. The molecule has 0 spiro atoms. The molecule has 1 aromatic carbocycles. The molecule has 24 heavy (non-hydrogen) atoms. The van der Waals surface area contributed by atoms with Crippen LogP contribution in [0.1, 0.15) is 25.1 Å². The smallest absolute Gasteiger partial charge is 0.225 e. The predicted molar refractivity (Wildman–Crippen MR) is 93.1 cm³/mol. The average Bonchev–Trinajstić information content (AvgIpc) is 2.54. The molecule has 1 saturated carbocycles. The van der Waals surface area contributed by atoms with Crippen molar-refractivity contribution in [1.82, 2.24) is 19.8 Å². The van der Waals surface area contributed by atoms with E-state index in [2.05, 4.69) is 14.9 Å². The van der Waals surface area contributed by atoms with E-state index in [0.717, 1.165) is 55.7 Å². The number of anilines is 1. The number of aromatic nitrogens is 2. The summed E-state index contributed by atoms with van der Waals surface area (Å²) in [5, 5.41) is 0.900. The van der Waals surface area contributed by atoms with Gasteiger partial charge >= 0.3 is 0 Å². The molecule has 126 valence electrons. The van der Waals surface area contributed by atoms with Crippen LogP contribution in [0.15, 0.2) is 24.3 Å². The van der Waals surface area contributed by atoms with Crippen LogP contribution in [-0.4, -0.2) is 51.9 Å². The van der Waals surface area contributed by atoms with Gasteiger partial charge in [0.25, 0.3) is 0 Å². The first-order chi connectivity index (χ1) is 11.7. The molecule has 4 rings (SSSR count). The fourth-order valence-corrected chi connectivity index (χ4v) is 3.46. The Kier molecular flexibility index (Phi) is 4.06. The molecule has 0 unspecified atom stereocenters. The van der Waals surface area contributed by atoms with Crippen molar-refractivity contribution in [2.75, 3.05) is 31.9 Å². The second-order valence-corrected chi connectivity index (χ2v) is 6.77. The quantitative estimate of drug-likeness (QED) is 0.929. The summed E-state index contributed by atoms with van der Waals surface area (Å²) in [6, 6.07) is 7.81. The first-order valence-electron chi connectivity index (χ1n) is 8.73. The van der Waals surface area contributed by atoms with Crippen molar-refractivity contribution in [1.29, 1.82) is 0 Å². The Labute approximate surface area is 141 Å². The van der Waals surface area contributed by atoms with E-state index in [0.29, 0.717) is 24.2 Å². The fourth-order valence-electron chi connectivity index (χ4n) is 3.46. The van der Waals surface area contributed by atoms with Gasteiger partial charge < -0.3 is 10.6 Å². The fraction of sp³-hybridized carbons (Fsp3) is 0.500. The maximum absolute atomic E-state index is 12.3. The molecule has 1 aromatic heterocycles. The third-order valence-corrected chi connectivity index (χ3v) is 5.18. The van der Waals surface area contributed by atoms with Gasteiger partial charge in [-0.2, -0.15) is 0 Å². The molecule has 2 aliphatic rings. The molecule has 1 amide bonds. The SMILES string of the molecule is Nc1nc(CN2CCN(C(=O)C3CCC3)CC2)nc2ccccc12. The Morgan fingerprint density at radius 2 is 1.88 bits per heavy atom. The van der Waals surface area contributed by atoms with Crippen LogP contribution in [0.3, 0.4) is 0 Å². The Morgan fingerprint density at radius 1 is 1.12 bits per heavy atom. The monoisotopic (exact) mass is 325 g/mol. The molecule has 2 fully saturated rings. The van der Waals surface area contributed by atoms with Crippen molar-refractivity contribution < 1.29 is 4.79 Å². The minimum atomic E-state index is 0.292. The van der Waals surface area contributed by atoms with Gasteiger partial charge in [0.15, 0.2) is 0 Å². The number of amides is 1. The van der Waals surface area contributed by atoms with Gasteiger partial charge in [0, 0.05) is 37.5 Å². The van der Waals surface area contributed by atoms with Crippen molar-refractivity contribution in [2.45, 2.75) is 25.8 Å². The summed E-state index contributed by atoms with van der Waals surface area (Å²) >= 11 is 0. The lowest BCUT2D eigenvalue weighted by molar-refractivity contribution is -0.140. The molecular weight excluding hydrogens is 302 g/mol. The van der Waals surface area contributed by atoms with E-state index in [4.69, 9.17) is 5.73 Å². The van der Waals surface area contributed by atoms with Gasteiger partial charge in [-0.25, -0.2) is 9.97 Å². The molecule has 0 bridgehead atoms. The summed E-state index contributed by atoms with van der Waals surface area (Å²) in [6.45, 7) is 4.03. The molecule has 6 nitrogen and oxygen atoms in total. The lowest BCUT2D eigenvalue weighted by atomic mass is 9.84. The minimum Gasteiger partial charge on any atom is -0.383 e. The summed E-state index contributed by atoms with van der Waals surface area (Å²) in [4.78, 5) is 25.7. The number of nitrogens with zero attached hydrogens (tertiary/aromatic N) is 4. The average molecular weight is 325 g/mol. The lowest BCUT2D eigenvalue weighted by Crippen LogP contribution is -2.50. The summed E-state index contributed by atoms with van der Waals surface area (Å²) in [5.74, 6) is 1.94. The summed E-state index contributed by atoms with van der Waals surface area (Å²) in [5.41, 5.74) is 6.94. The number of hydrogen-bond donors (Lipinski definition) is 1. The molecule has 1 saturated heterocycles. The van der Waals surface area contributed by atoms with E-state index in [1.54, 1.807) is 0 Å². The molecule has 2 aromatic rings. The van der Waals surface area contributed by atoms with Crippen LogP contribution in [-0.2, 0) is 11.3 Å². The highest BCUT2D eigenvalue weighted by atomic mass is 16.2. The second kappa shape index (κ2) is 6.36. The normalized spacial score (nSPS) is 19.4. The van der Waals surface area contributed by atoms with Crippen molar-refractivity contribution >= 4 is 22.6 Å². The molecule has 1 aliphatic carbocycles. The first-order valence-corrected chi connectivity index (χ1v) is 8.73. The van der Waals surface area contributed by atoms with Crippen LogP contribution in [0.25, 0.3) is 10.9 Å². The van der Waals surface area contributed by atoms with Gasteiger partial charge in [0.05, 0.1) is 12.1 Å². The van der Waals surface area contributed by atoms with Gasteiger partial charge in [-0.3, -0.25) is 9.69 Å². The van der Waals surface area contributed by atoms with E-state index >= 15 is 0 Å². The number of benzene rings is 1. The standard InChI is InChI=1S/C18H23N5O/c19-17-14-6-1-2-7-15(14)20-16(21-17)12-22-8-10-23(11-9-22)18(24)13-4-3-5-13/h1-2,6-7,13H,3-5,8-12H2,(H2,19,20,21). The van der Waals surface area contributed by atoms with E-state index in [1.807, 2.05) is 29.2 Å². The highest BCUT2D eigenvalue weighted by Gasteiger charge is 2.31. The van der Waals surface area contributed by atoms with Crippen LogP contribution in [0.4, 0.5) is 5.82 Å². The summed E-state index contributed by atoms with van der Waals surface area (Å²) in [7, 11) is 0. The van der Waals surface area contributed by atoms with Gasteiger partial charge in [-0.1, -0.05) is 18.6 Å². The van der Waals surface area contributed by atoms with Crippen LogP contribution >= 0.6 is 0 Å². The molecule has 1 aliphatic heterocycles. The molecule has 6 heteroatoms. The zero-order valence-corrected chi connectivity index (χ0v) is 13.8. The summed E-state index contributed by atoms with van der Waals surface area (Å²) in [6.07, 6.45) is 3.35. The predicted octanol–water partition coefficient (Wildman–Crippen LogP) is 1.66. The third-order valence-electron chi connectivity index (χ3n) is 5.18. The Morgan fingerprint density at radius 3 is 2.58 bits per heavy atom. The van der Waals surface area contributed by atoms with E-state index in [1.165, 1.54) is 6.42 Å². The molecule has 2 N–H and O–H groups in total. The number of piperazine rings is 1. The van der Waals surface area contributed by atoms with Gasteiger partial charge in [0.2, 0.25) is 5.91 Å². The van der Waals surface area contributed by atoms with Crippen LogP contribution in [0.5, 0.6) is 0 Å². The van der Waals surface area contributed by atoms with Crippen molar-refractivity contribution in [3.8, 4) is 0 Å². The van der Waals surface area contributed by atoms with Gasteiger partial charge in [-0.15, -0.1) is 0 Å². The minimum absolute atomic E-state index is 0.292. The number of rotatable bonds is 3. The van der Waals surface area contributed by atoms with Crippen LogP contribution in [0, 0.1) is 5.92 Å². The zero-order valence-electron chi connectivity index (χ0n) is 13.8. The number of carbonyl (C=O) groups excluding carboxylic acids is 1. The third kappa shape index (κ3) is 2.94. The lowest BCUT2D eigenvalue weighted by Gasteiger charge is -2.38. The van der Waals surface area contributed by atoms with E-state index in [9.17, 15) is 4.79 Å². The number of nitrogen functional groups attached to an aromatic ring is 1. The molecule has 0 atom stereocenters. The highest BCUT2D eigenvalue weighted by Crippen LogP contribution is 2.28. The number of hydrogen-bond acceptors (Lipinski definition) is 5. The molecule has 0 radical (unpaired) electrons. The largest absolute Gasteiger partial charge is 0.383 e. The van der Waals surface area contributed by atoms with E-state index < -0.39 is 0 Å². The van der Waals surface area contributed by atoms with Crippen molar-refractivity contribution in [3.63, 3.8) is 0 Å². The zero-order chi connectivity index (χ0) is 16.5. The highest BCUT2D eigenvalue weighted by molar-refractivity contribution is 5.87. The van der Waals surface area contributed by atoms with Gasteiger partial charge in [-0.05, 0) is 25.0 Å². The van der Waals surface area contributed by atoms with Crippen LogP contribution < -0.4 is 5.73 Å². The second-order valence-electron chi connectivity index (χ2n) is 6.77. The number of nitrogens with two attached hydrogens (primary N) is 1. The summed E-state index contributed by atoms with van der Waals surface area (Å²) < 4.78 is 0. The van der Waals surface area contributed by atoms with E-state index in [-0.39, 0.29) is 0 Å². The Hall–Kier alpha value is -2.21. The molecular formula is C18H23N5O. The Balaban J connectivity index is 1.39. The van der Waals surface area contributed by atoms with Gasteiger partial charge in [0.1, 0.15) is 11.6 Å². The maximum Gasteiger partial charge on any atom is 0.225 e. The number of carbonyl (C=O) groups is 1. The van der Waals surface area contributed by atoms with Crippen LogP contribution in [0.2, 0.25) is 0 Å². The number of para-hydroxylation sites is 1. The number of fused-ring (bicyclic) bond motifs is 1.